The summed E-state index contributed by atoms with van der Waals surface area (Å²) in [5.41, 5.74) is 8.02. The number of nitrogen functional groups attached to an aromatic ring is 1. The number of aliphatic carboxylic acids is 1. The van der Waals surface area contributed by atoms with E-state index < -0.39 is 40.8 Å². The molecule has 0 aliphatic carbocycles. The molecular weight excluding hydrogens is 502 g/mol. The number of carboxylic acids is 1. The highest BCUT2D eigenvalue weighted by atomic mass is 32.2. The SMILES string of the molecule is Nc1nc(/C(=N/O)C(=O)N[C@@H]2C(=O)N3C(C(=O)O)=C(C[N+]45C=NN=C4C=CC(=O)N5)CSC23)cs1. The number of nitrogens with zero attached hydrogens (tertiary/aromatic N) is 6. The molecule has 1 fully saturated rings. The number of thioether (sulfide) groups is 1. The van der Waals surface area contributed by atoms with E-state index in [-0.39, 0.29) is 33.4 Å². The van der Waals surface area contributed by atoms with Gasteiger partial charge in [0, 0.05) is 28.9 Å². The molecule has 0 aromatic carbocycles. The highest BCUT2D eigenvalue weighted by molar-refractivity contribution is 8.00. The van der Waals surface area contributed by atoms with Crippen molar-refractivity contribution in [3.05, 3.63) is 34.5 Å². The lowest BCUT2D eigenvalue weighted by Gasteiger charge is -2.49. The van der Waals surface area contributed by atoms with Crippen LogP contribution in [0.15, 0.2) is 44.2 Å². The topological polar surface area (TPSA) is 212 Å². The van der Waals surface area contributed by atoms with Crippen molar-refractivity contribution in [3.8, 4) is 0 Å². The van der Waals surface area contributed by atoms with Crippen molar-refractivity contribution in [2.45, 2.75) is 11.4 Å². The van der Waals surface area contributed by atoms with Gasteiger partial charge in [-0.2, -0.15) is 5.43 Å². The Kier molecular flexibility index (Phi) is 5.37. The molecule has 1 aromatic heterocycles. The molecule has 180 valence electrons. The Hall–Kier alpha value is -4.09. The van der Waals surface area contributed by atoms with Crippen molar-refractivity contribution in [3.63, 3.8) is 0 Å². The number of thiazole rings is 1. The summed E-state index contributed by atoms with van der Waals surface area (Å²) in [6, 6.07) is -1.05. The molecule has 35 heavy (non-hydrogen) atoms. The summed E-state index contributed by atoms with van der Waals surface area (Å²) in [6.45, 7) is -0.00681. The van der Waals surface area contributed by atoms with Gasteiger partial charge in [0.2, 0.25) is 6.34 Å². The third-order valence-corrected chi connectivity index (χ3v) is 7.58. The standard InChI is InChI=1S/C18H15N9O6S2/c19-18-21-8(5-35-18)11(25-33)14(29)22-12-15(30)26-13(17(31)32)7(4-34-16(12)26)3-27-6-20-23-9(27)1-2-10(28)24-27/h1-2,5-6,12,16H,3-4H2,(H5-,19,21,22,24,28,29,31,32,33)/p+1/t12-,16?,27?/m1/s1. The first-order valence-corrected chi connectivity index (χ1v) is 11.8. The number of nitrogens with two attached hydrogens (primary N) is 1. The normalized spacial score (nSPS) is 27.1. The number of hydrogen-bond donors (Lipinski definition) is 5. The van der Waals surface area contributed by atoms with Gasteiger partial charge in [0.1, 0.15) is 29.4 Å². The number of amides is 3. The third-order valence-electron chi connectivity index (χ3n) is 5.57. The van der Waals surface area contributed by atoms with Gasteiger partial charge in [-0.3, -0.25) is 19.3 Å². The van der Waals surface area contributed by atoms with Crippen molar-refractivity contribution in [2.75, 3.05) is 18.0 Å². The molecule has 4 aliphatic rings. The van der Waals surface area contributed by atoms with Crippen LogP contribution in [0.4, 0.5) is 5.13 Å². The zero-order valence-electron chi connectivity index (χ0n) is 17.5. The highest BCUT2D eigenvalue weighted by Gasteiger charge is 2.56. The van der Waals surface area contributed by atoms with Gasteiger partial charge in [0.05, 0.1) is 0 Å². The van der Waals surface area contributed by atoms with Crippen LogP contribution < -0.4 is 16.5 Å². The van der Waals surface area contributed by atoms with Gasteiger partial charge in [-0.05, 0) is 0 Å². The first kappa shape index (κ1) is 22.7. The number of carboxylic acid groups (broad SMARTS) is 1. The molecule has 4 aliphatic heterocycles. The predicted octanol–water partition coefficient (Wildman–Crippen LogP) is -1.58. The van der Waals surface area contributed by atoms with E-state index in [0.29, 0.717) is 11.4 Å². The van der Waals surface area contributed by atoms with E-state index in [0.717, 1.165) is 16.2 Å². The molecule has 0 saturated carbocycles. The maximum atomic E-state index is 12.9. The number of oxime groups is 1. The second-order valence-corrected chi connectivity index (χ2v) is 9.66. The van der Waals surface area contributed by atoms with Crippen LogP contribution in [-0.4, -0.2) is 90.1 Å². The van der Waals surface area contributed by atoms with Crippen LogP contribution in [0.25, 0.3) is 0 Å². The van der Waals surface area contributed by atoms with Crippen LogP contribution in [0.3, 0.4) is 0 Å². The number of β-lactam (4-membered cyclic amide) rings is 1. The highest BCUT2D eigenvalue weighted by Crippen LogP contribution is 2.41. The Balaban J connectivity index is 1.37. The molecule has 3 amide bonds. The number of amidine groups is 1. The van der Waals surface area contributed by atoms with Crippen LogP contribution in [-0.2, 0) is 19.2 Å². The molecule has 5 heterocycles. The zero-order valence-corrected chi connectivity index (χ0v) is 19.1. The van der Waals surface area contributed by atoms with Crippen molar-refractivity contribution in [1.82, 2.24) is 20.6 Å². The van der Waals surface area contributed by atoms with E-state index in [1.807, 2.05) is 0 Å². The van der Waals surface area contributed by atoms with E-state index in [1.54, 1.807) is 0 Å². The number of nitrogens with one attached hydrogen (secondary N) is 2. The van der Waals surface area contributed by atoms with Gasteiger partial charge in [0.25, 0.3) is 23.6 Å². The van der Waals surface area contributed by atoms with E-state index >= 15 is 0 Å². The second kappa shape index (κ2) is 8.29. The first-order chi connectivity index (χ1) is 16.7. The average Bonchev–Trinajstić information content (AvgIpc) is 3.43. The lowest BCUT2D eigenvalue weighted by atomic mass is 10.0. The van der Waals surface area contributed by atoms with Crippen LogP contribution in [0.1, 0.15) is 5.69 Å². The van der Waals surface area contributed by atoms with Crippen molar-refractivity contribution >= 4 is 69.8 Å². The number of carbonyl (C=O) groups is 4. The number of quaternary nitrogens is 1. The van der Waals surface area contributed by atoms with E-state index in [9.17, 15) is 29.5 Å². The Morgan fingerprint density at radius 1 is 1.37 bits per heavy atom. The van der Waals surface area contributed by atoms with Crippen molar-refractivity contribution in [2.24, 2.45) is 15.4 Å². The van der Waals surface area contributed by atoms with Crippen LogP contribution in [0.2, 0.25) is 0 Å². The smallest absolute Gasteiger partial charge is 0.352 e. The zero-order chi connectivity index (χ0) is 24.9. The summed E-state index contributed by atoms with van der Waals surface area (Å²) in [7, 11) is 0. The minimum atomic E-state index is -1.33. The van der Waals surface area contributed by atoms with Crippen molar-refractivity contribution in [1.29, 1.82) is 0 Å². The molecule has 0 spiro atoms. The van der Waals surface area contributed by atoms with Gasteiger partial charge in [-0.1, -0.05) is 15.4 Å². The number of rotatable bonds is 6. The Labute approximate surface area is 203 Å². The summed E-state index contributed by atoms with van der Waals surface area (Å²) in [5, 5.41) is 33.3. The minimum absolute atomic E-state index is 0.00681. The van der Waals surface area contributed by atoms with E-state index in [4.69, 9.17) is 5.73 Å². The average molecular weight is 519 g/mol. The summed E-state index contributed by atoms with van der Waals surface area (Å²) in [4.78, 5) is 54.7. The van der Waals surface area contributed by atoms with Gasteiger partial charge in [-0.25, -0.2) is 9.78 Å². The predicted molar refractivity (Wildman–Crippen MR) is 123 cm³/mol. The molecule has 15 nitrogen and oxygen atoms in total. The van der Waals surface area contributed by atoms with Gasteiger partial charge in [-0.15, -0.1) is 27.7 Å². The lowest BCUT2D eigenvalue weighted by Crippen LogP contribution is -2.71. The molecule has 1 aromatic rings. The third kappa shape index (κ3) is 3.65. The van der Waals surface area contributed by atoms with Crippen LogP contribution in [0, 0.1) is 0 Å². The fourth-order valence-corrected chi connectivity index (χ4v) is 5.92. The maximum absolute atomic E-state index is 12.9. The van der Waals surface area contributed by atoms with Gasteiger partial charge < -0.3 is 21.4 Å². The minimum Gasteiger partial charge on any atom is -0.477 e. The molecule has 5 rings (SSSR count). The van der Waals surface area contributed by atoms with E-state index in [2.05, 4.69) is 31.1 Å². The number of anilines is 1. The van der Waals surface area contributed by atoms with Crippen LogP contribution in [0.5, 0.6) is 0 Å². The van der Waals surface area contributed by atoms with Gasteiger partial charge >= 0.3 is 5.97 Å². The summed E-state index contributed by atoms with van der Waals surface area (Å²) in [5.74, 6) is -2.64. The molecular formula is C18H16N9O6S2+. The largest absolute Gasteiger partial charge is 0.477 e. The molecule has 0 radical (unpaired) electrons. The molecule has 3 atom stereocenters. The second-order valence-electron chi connectivity index (χ2n) is 7.66. The fourth-order valence-electron chi connectivity index (χ4n) is 4.03. The summed E-state index contributed by atoms with van der Waals surface area (Å²) < 4.78 is -0.304. The first-order valence-electron chi connectivity index (χ1n) is 9.89. The molecule has 2 unspecified atom stereocenters. The lowest BCUT2D eigenvalue weighted by molar-refractivity contribution is -0.772. The van der Waals surface area contributed by atoms with Crippen molar-refractivity contribution < 1.29 is 34.1 Å². The number of fused-ring (bicyclic) bond motifs is 2. The number of carbonyl (C=O) groups excluding carboxylic acids is 3. The van der Waals surface area contributed by atoms with Crippen LogP contribution >= 0.6 is 23.1 Å². The Morgan fingerprint density at radius 2 is 2.17 bits per heavy atom. The van der Waals surface area contributed by atoms with E-state index in [1.165, 1.54) is 35.6 Å². The molecule has 17 heteroatoms. The summed E-state index contributed by atoms with van der Waals surface area (Å²) in [6.07, 6.45) is 4.16. The van der Waals surface area contributed by atoms with Gasteiger partial charge in [0.15, 0.2) is 10.8 Å². The fraction of sp³-hybridized carbons (Fsp3) is 0.222. The number of hydrogen-bond acceptors (Lipinski definition) is 12. The number of aromatic nitrogens is 1. The Bertz CT molecular complexity index is 1330. The maximum Gasteiger partial charge on any atom is 0.352 e. The monoisotopic (exact) mass is 518 g/mol. The molecule has 1 saturated heterocycles. The molecule has 6 N–H and O–H groups in total. The summed E-state index contributed by atoms with van der Waals surface area (Å²) >= 11 is 2.29. The molecule has 0 bridgehead atoms. The Morgan fingerprint density at radius 3 is 2.86 bits per heavy atom. The quantitative estimate of drug-likeness (QED) is 0.0964.